The number of amides is 3. The summed E-state index contributed by atoms with van der Waals surface area (Å²) in [5, 5.41) is 14.6. The van der Waals surface area contributed by atoms with Crippen LogP contribution in [-0.4, -0.2) is 46.8 Å². The third-order valence-electron chi connectivity index (χ3n) is 4.72. The lowest BCUT2D eigenvalue weighted by atomic mass is 10.1. The van der Waals surface area contributed by atoms with Gasteiger partial charge in [-0.05, 0) is 25.1 Å². The number of anilines is 1. The Balaban J connectivity index is 1.52. The first-order chi connectivity index (χ1) is 15.2. The van der Waals surface area contributed by atoms with E-state index in [2.05, 4.69) is 10.7 Å². The summed E-state index contributed by atoms with van der Waals surface area (Å²) in [6, 6.07) is 12.4. The van der Waals surface area contributed by atoms with Crippen molar-refractivity contribution in [1.82, 2.24) is 10.4 Å². The average Bonchev–Trinajstić information content (AvgIpc) is 3.13. The van der Waals surface area contributed by atoms with Gasteiger partial charge >= 0.3 is 5.97 Å². The Labute approximate surface area is 182 Å². The number of esters is 1. The smallest absolute Gasteiger partial charge is 0.311 e. The molecule has 0 unspecified atom stereocenters. The van der Waals surface area contributed by atoms with E-state index in [0.29, 0.717) is 5.69 Å². The van der Waals surface area contributed by atoms with Crippen molar-refractivity contribution < 1.29 is 28.8 Å². The minimum atomic E-state index is -0.888. The Morgan fingerprint density at radius 2 is 1.84 bits per heavy atom. The molecule has 1 aliphatic heterocycles. The van der Waals surface area contributed by atoms with E-state index >= 15 is 0 Å². The third kappa shape index (κ3) is 5.45. The van der Waals surface area contributed by atoms with E-state index in [1.807, 2.05) is 19.1 Å². The van der Waals surface area contributed by atoms with Crippen molar-refractivity contribution in [2.45, 2.75) is 13.3 Å². The lowest BCUT2D eigenvalue weighted by Crippen LogP contribution is -2.43. The summed E-state index contributed by atoms with van der Waals surface area (Å²) in [4.78, 5) is 59.1. The Hall–Kier alpha value is -4.28. The lowest BCUT2D eigenvalue weighted by Gasteiger charge is -2.17. The zero-order valence-corrected chi connectivity index (χ0v) is 17.1. The third-order valence-corrected chi connectivity index (χ3v) is 4.72. The minimum Gasteiger partial charge on any atom is -0.455 e. The summed E-state index contributed by atoms with van der Waals surface area (Å²) in [5.41, 5.74) is 3.23. The summed E-state index contributed by atoms with van der Waals surface area (Å²) in [7, 11) is 0. The Kier molecular flexibility index (Phi) is 6.78. The number of hydrazine groups is 1. The Morgan fingerprint density at radius 3 is 2.53 bits per heavy atom. The fourth-order valence-corrected chi connectivity index (χ4v) is 3.07. The molecule has 1 saturated heterocycles. The van der Waals surface area contributed by atoms with E-state index in [1.54, 1.807) is 12.1 Å². The lowest BCUT2D eigenvalue weighted by molar-refractivity contribution is -0.385. The molecule has 1 atom stereocenters. The number of para-hydroxylation sites is 1. The Morgan fingerprint density at radius 1 is 1.16 bits per heavy atom. The quantitative estimate of drug-likeness (QED) is 0.377. The fraction of sp³-hybridized carbons (Fsp3) is 0.238. The summed E-state index contributed by atoms with van der Waals surface area (Å²) < 4.78 is 4.99. The van der Waals surface area contributed by atoms with E-state index in [1.165, 1.54) is 24.3 Å². The normalized spacial score (nSPS) is 15.2. The SMILES string of the molecule is Cc1ccc(NC(=O)COC(=O)[C@@H]2CC(=O)N(NC(=O)c3ccccc3[N+](=O)[O-])C2)cc1. The molecule has 166 valence electrons. The molecule has 3 amide bonds. The average molecular weight is 440 g/mol. The number of hydrogen-bond donors (Lipinski definition) is 2. The van der Waals surface area contributed by atoms with Crippen LogP contribution in [0, 0.1) is 23.0 Å². The number of nitrogens with one attached hydrogen (secondary N) is 2. The molecule has 0 spiro atoms. The Bertz CT molecular complexity index is 1070. The molecule has 11 nitrogen and oxygen atoms in total. The molecular weight excluding hydrogens is 420 g/mol. The second kappa shape index (κ2) is 9.69. The van der Waals surface area contributed by atoms with E-state index in [9.17, 15) is 29.3 Å². The van der Waals surface area contributed by atoms with Gasteiger partial charge in [0.25, 0.3) is 17.5 Å². The molecule has 2 aromatic carbocycles. The molecule has 2 N–H and O–H groups in total. The van der Waals surface area contributed by atoms with E-state index in [-0.39, 0.29) is 18.5 Å². The maximum absolute atomic E-state index is 12.4. The summed E-state index contributed by atoms with van der Waals surface area (Å²) in [6.45, 7) is 1.20. The van der Waals surface area contributed by atoms with Crippen LogP contribution >= 0.6 is 0 Å². The minimum absolute atomic E-state index is 0.177. The van der Waals surface area contributed by atoms with Gasteiger partial charge in [-0.25, -0.2) is 0 Å². The molecular formula is C21H20N4O7. The highest BCUT2D eigenvalue weighted by Gasteiger charge is 2.37. The van der Waals surface area contributed by atoms with Crippen molar-refractivity contribution in [3.05, 3.63) is 69.8 Å². The van der Waals surface area contributed by atoms with E-state index in [4.69, 9.17) is 4.74 Å². The van der Waals surface area contributed by atoms with Gasteiger partial charge in [-0.1, -0.05) is 29.8 Å². The molecule has 0 radical (unpaired) electrons. The zero-order valence-electron chi connectivity index (χ0n) is 17.1. The highest BCUT2D eigenvalue weighted by Crippen LogP contribution is 2.20. The number of nitrogens with zero attached hydrogens (tertiary/aromatic N) is 2. The number of rotatable bonds is 7. The maximum atomic E-state index is 12.4. The summed E-state index contributed by atoms with van der Waals surface area (Å²) >= 11 is 0. The van der Waals surface area contributed by atoms with Crippen molar-refractivity contribution in [2.24, 2.45) is 5.92 Å². The highest BCUT2D eigenvalue weighted by atomic mass is 16.6. The van der Waals surface area contributed by atoms with Crippen LogP contribution in [0.5, 0.6) is 0 Å². The van der Waals surface area contributed by atoms with Gasteiger partial charge in [-0.2, -0.15) is 0 Å². The van der Waals surface area contributed by atoms with E-state index in [0.717, 1.165) is 10.6 Å². The number of hydrogen-bond acceptors (Lipinski definition) is 7. The van der Waals surface area contributed by atoms with Crippen molar-refractivity contribution in [3.8, 4) is 0 Å². The first kappa shape index (κ1) is 22.4. The van der Waals surface area contributed by atoms with Gasteiger partial charge in [0.15, 0.2) is 6.61 Å². The number of carbonyl (C=O) groups is 4. The predicted molar refractivity (Wildman–Crippen MR) is 111 cm³/mol. The second-order valence-corrected chi connectivity index (χ2v) is 7.14. The van der Waals surface area contributed by atoms with Crippen LogP contribution in [0.25, 0.3) is 0 Å². The van der Waals surface area contributed by atoms with Crippen molar-refractivity contribution in [3.63, 3.8) is 0 Å². The molecule has 1 fully saturated rings. The largest absolute Gasteiger partial charge is 0.455 e. The molecule has 11 heteroatoms. The molecule has 1 aliphatic rings. The molecule has 0 aromatic heterocycles. The molecule has 1 heterocycles. The van der Waals surface area contributed by atoms with Gasteiger partial charge < -0.3 is 10.1 Å². The summed E-state index contributed by atoms with van der Waals surface area (Å²) in [6.07, 6.45) is -0.227. The number of carbonyl (C=O) groups excluding carboxylic acids is 4. The second-order valence-electron chi connectivity index (χ2n) is 7.14. The number of aryl methyl sites for hydroxylation is 1. The molecule has 0 saturated carbocycles. The number of benzene rings is 2. The van der Waals surface area contributed by atoms with Crippen LogP contribution in [-0.2, 0) is 19.1 Å². The topological polar surface area (TPSA) is 148 Å². The van der Waals surface area contributed by atoms with Gasteiger partial charge in [0.2, 0.25) is 5.91 Å². The first-order valence-electron chi connectivity index (χ1n) is 9.62. The summed E-state index contributed by atoms with van der Waals surface area (Å²) in [5.74, 6) is -3.59. The van der Waals surface area contributed by atoms with Crippen molar-refractivity contribution in [1.29, 1.82) is 0 Å². The number of nitro groups is 1. The van der Waals surface area contributed by atoms with Crippen LogP contribution in [0.2, 0.25) is 0 Å². The van der Waals surface area contributed by atoms with E-state index < -0.39 is 46.8 Å². The predicted octanol–water partition coefficient (Wildman–Crippen LogP) is 1.58. The fourth-order valence-electron chi connectivity index (χ4n) is 3.07. The van der Waals surface area contributed by atoms with Gasteiger partial charge in [-0.3, -0.25) is 39.7 Å². The van der Waals surface area contributed by atoms with Crippen LogP contribution < -0.4 is 10.7 Å². The zero-order chi connectivity index (χ0) is 23.3. The van der Waals surface area contributed by atoms with Gasteiger partial charge in [-0.15, -0.1) is 0 Å². The number of ether oxygens (including phenoxy) is 1. The first-order valence-corrected chi connectivity index (χ1v) is 9.62. The molecule has 0 aliphatic carbocycles. The van der Waals surface area contributed by atoms with Crippen LogP contribution in [0.1, 0.15) is 22.3 Å². The molecule has 3 rings (SSSR count). The molecule has 32 heavy (non-hydrogen) atoms. The molecule has 0 bridgehead atoms. The highest BCUT2D eigenvalue weighted by molar-refractivity contribution is 5.99. The monoisotopic (exact) mass is 440 g/mol. The number of nitro benzene ring substituents is 1. The van der Waals surface area contributed by atoms with Crippen LogP contribution in [0.15, 0.2) is 48.5 Å². The van der Waals surface area contributed by atoms with Crippen molar-refractivity contribution >= 4 is 35.1 Å². The maximum Gasteiger partial charge on any atom is 0.311 e. The standard InChI is InChI=1S/C21H20N4O7/c1-13-6-8-15(9-7-13)22-18(26)12-32-21(29)14-10-19(27)24(11-14)23-20(28)16-4-2-3-5-17(16)25(30)31/h2-9,14H,10-12H2,1H3,(H,22,26)(H,23,28)/t14-/m1/s1. The van der Waals surface area contributed by atoms with Gasteiger partial charge in [0.05, 0.1) is 17.4 Å². The van der Waals surface area contributed by atoms with Crippen LogP contribution in [0.3, 0.4) is 0 Å². The van der Waals surface area contributed by atoms with Gasteiger partial charge in [0, 0.05) is 18.2 Å². The molecule has 2 aromatic rings. The van der Waals surface area contributed by atoms with Crippen molar-refractivity contribution in [2.75, 3.05) is 18.5 Å². The van der Waals surface area contributed by atoms with Crippen LogP contribution in [0.4, 0.5) is 11.4 Å². The van der Waals surface area contributed by atoms with Gasteiger partial charge in [0.1, 0.15) is 5.56 Å².